The number of amides is 2. The van der Waals surface area contributed by atoms with Crippen molar-refractivity contribution in [2.45, 2.75) is 136 Å². The summed E-state index contributed by atoms with van der Waals surface area (Å²) in [5.41, 5.74) is 14.6. The Kier molecular flexibility index (Phi) is 25.6. The lowest BCUT2D eigenvalue weighted by Crippen LogP contribution is -2.44. The molecule has 6 aromatic carbocycles. The Hall–Kier alpha value is -9.67. The fraction of sp³-hybridized carbons (Fsp3) is 0.368. The van der Waals surface area contributed by atoms with Crippen molar-refractivity contribution in [3.05, 3.63) is 226 Å². The van der Waals surface area contributed by atoms with E-state index < -0.39 is 112 Å². The molecule has 600 valence electrons. The summed E-state index contributed by atoms with van der Waals surface area (Å²) in [5, 5.41) is 49.5. The third kappa shape index (κ3) is 18.4. The number of hydrogen-bond acceptors (Lipinski definition) is 23. The highest BCUT2D eigenvalue weighted by Gasteiger charge is 2.48. The molecule has 0 bridgehead atoms. The van der Waals surface area contributed by atoms with Crippen molar-refractivity contribution in [2.75, 3.05) is 64.2 Å². The predicted molar refractivity (Wildman–Crippen MR) is 400 cm³/mol. The summed E-state index contributed by atoms with van der Waals surface area (Å²) in [6.07, 6.45) is -15.5. The molecular formula is C76H81ClF6N14O14S2. The van der Waals surface area contributed by atoms with Crippen LogP contribution in [0.15, 0.2) is 168 Å². The lowest BCUT2D eigenvalue weighted by atomic mass is 9.91. The van der Waals surface area contributed by atoms with E-state index in [2.05, 4.69) is 69.5 Å². The number of halogens is 7. The van der Waals surface area contributed by atoms with Gasteiger partial charge >= 0.3 is 24.2 Å². The van der Waals surface area contributed by atoms with Gasteiger partial charge in [0.05, 0.1) is 48.7 Å². The van der Waals surface area contributed by atoms with E-state index in [1.165, 1.54) is 54.7 Å². The molecule has 0 spiro atoms. The number of aliphatic hydroxyl groups is 4. The monoisotopic (exact) mass is 1630 g/mol. The number of ether oxygens (including phenoxy) is 4. The molecule has 28 nitrogen and oxygen atoms in total. The summed E-state index contributed by atoms with van der Waals surface area (Å²) in [5.74, 6) is -2.90. The van der Waals surface area contributed by atoms with Gasteiger partial charge in [-0.25, -0.2) is 51.5 Å². The Bertz CT molecular complexity index is 5190. The van der Waals surface area contributed by atoms with Crippen LogP contribution in [0, 0.1) is 13.8 Å². The van der Waals surface area contributed by atoms with Crippen LogP contribution in [0.5, 0.6) is 0 Å². The van der Waals surface area contributed by atoms with Crippen LogP contribution in [-0.4, -0.2) is 201 Å². The Labute approximate surface area is 649 Å². The Morgan fingerprint density at radius 1 is 0.549 bits per heavy atom. The normalized spacial score (nSPS) is 19.9. The van der Waals surface area contributed by atoms with E-state index >= 15 is 0 Å². The molecule has 4 aliphatic heterocycles. The first-order chi connectivity index (χ1) is 53.9. The second kappa shape index (κ2) is 35.0. The standard InChI is InChI=1S/C38H40F3N7O7S.C26H30N6O4.C12H11ClF3NO3S/c1-22-13-14-29(27-19-47(16-15-25(22)27)37(51)38(39,40)41)56(52,53)44-18-30-45-34(42-17-26(23-9-5-3-6-10-23)24-11-7-4-8-12-24)31-35(46-30)48(21-43-31)36-33(50)32(49)28(55-36)20-54-2;1-35-14-19-22(33)23(34)26(36-19)32-15-29-21-24(30-20(12-27)31-25(21)32)28-13-18(16-8-4-2-5-9-16)17-10-6-3-7-11-17;1-7-2-3-10(21(13,19)20)9-6-17(5-4-8(7)9)11(18)12(14,15)16/h3-14,21,26,28,32-33,36,44,49-50H,15-20H2,1-2H3,(H,42,45,46);2-11,15,18-19,22-23,26,33-34H,12-14,27H2,1H3,(H,28,30,31);2-3H,4-6H2,1H3/t28-,32-,33-,36-;19-,22-,23-,26-;/m11./s1. The van der Waals surface area contributed by atoms with Gasteiger partial charge in [-0.3, -0.25) is 18.7 Å². The van der Waals surface area contributed by atoms with E-state index in [0.717, 1.165) is 16.7 Å². The first kappa shape index (κ1) is 82.8. The Balaban J connectivity index is 0.000000176. The summed E-state index contributed by atoms with van der Waals surface area (Å²) in [6, 6.07) is 45.8. The highest BCUT2D eigenvalue weighted by molar-refractivity contribution is 8.13. The maximum atomic E-state index is 13.9. The number of aliphatic hydroxyl groups excluding tert-OH is 4. The molecule has 0 saturated carbocycles. The molecule has 8 heterocycles. The first-order valence-electron chi connectivity index (χ1n) is 35.6. The number of fused-ring (bicyclic) bond motifs is 4. The number of aryl methyl sites for hydroxylation is 2. The molecule has 4 aliphatic rings. The Morgan fingerprint density at radius 3 is 1.29 bits per heavy atom. The number of nitrogens with two attached hydrogens (primary N) is 1. The summed E-state index contributed by atoms with van der Waals surface area (Å²) in [6.45, 7) is 2.88. The highest BCUT2D eigenvalue weighted by atomic mass is 35.7. The van der Waals surface area contributed by atoms with Gasteiger partial charge in [0.1, 0.15) is 48.3 Å². The third-order valence-corrected chi connectivity index (χ3v) is 22.9. The molecular weight excluding hydrogens is 1550 g/mol. The lowest BCUT2D eigenvalue weighted by Gasteiger charge is -2.31. The van der Waals surface area contributed by atoms with E-state index in [1.54, 1.807) is 30.5 Å². The fourth-order valence-corrected chi connectivity index (χ4v) is 16.7. The van der Waals surface area contributed by atoms with Crippen LogP contribution in [0.3, 0.4) is 0 Å². The van der Waals surface area contributed by atoms with Gasteiger partial charge in [-0.2, -0.15) is 26.3 Å². The van der Waals surface area contributed by atoms with Crippen molar-refractivity contribution in [2.24, 2.45) is 5.73 Å². The van der Waals surface area contributed by atoms with Crippen molar-refractivity contribution in [1.29, 1.82) is 0 Å². The van der Waals surface area contributed by atoms with Crippen LogP contribution >= 0.6 is 10.7 Å². The van der Waals surface area contributed by atoms with Gasteiger partial charge in [0, 0.05) is 76.0 Å². The number of carbonyl (C=O) groups excluding carboxylic acids is 2. The Morgan fingerprint density at radius 2 is 0.920 bits per heavy atom. The smallest absolute Gasteiger partial charge is 0.387 e. The van der Waals surface area contributed by atoms with Crippen LogP contribution < -0.4 is 21.1 Å². The summed E-state index contributed by atoms with van der Waals surface area (Å²) >= 11 is 0. The van der Waals surface area contributed by atoms with E-state index in [4.69, 9.17) is 35.4 Å². The number of alkyl halides is 6. The summed E-state index contributed by atoms with van der Waals surface area (Å²) in [4.78, 5) is 51.6. The highest BCUT2D eigenvalue weighted by Crippen LogP contribution is 2.39. The zero-order chi connectivity index (χ0) is 80.8. The SMILES string of the molecule is COC[C@H]1O[C@@H](n2cnc3c(NCC(c4ccccc4)c4ccccc4)nc(CN)nc32)[C@H](O)[C@@H]1O.COC[C@H]1O[C@@H](n2cnc3c(NCC(c4ccccc4)c4ccccc4)nc(CNS(=O)(=O)c4ccc(C)c5c4CN(C(=O)C(F)(F)F)CC5)nc32)[C@H](O)[C@@H]1O.Cc1ccc(S(=O)(=O)Cl)c2c1CCN(C(=O)C(F)(F)F)C2. The first-order valence-corrected chi connectivity index (χ1v) is 39.4. The molecule has 2 saturated heterocycles. The number of anilines is 2. The van der Waals surface area contributed by atoms with Crippen LogP contribution in [0.2, 0.25) is 0 Å². The molecule has 2 fully saturated rings. The quantitative estimate of drug-likeness (QED) is 0.0237. The van der Waals surface area contributed by atoms with Gasteiger partial charge in [-0.1, -0.05) is 133 Å². The molecule has 37 heteroatoms. The van der Waals surface area contributed by atoms with Crippen molar-refractivity contribution in [3.63, 3.8) is 0 Å². The number of methoxy groups -OCH3 is 2. The van der Waals surface area contributed by atoms with E-state index in [9.17, 15) is 73.2 Å². The van der Waals surface area contributed by atoms with Crippen LogP contribution in [0.1, 0.15) is 91.6 Å². The average molecular weight is 1630 g/mol. The number of hydrogen-bond donors (Lipinski definition) is 8. The largest absolute Gasteiger partial charge is 0.471 e. The minimum atomic E-state index is -5.11. The van der Waals surface area contributed by atoms with E-state index in [1.807, 2.05) is 97.1 Å². The van der Waals surface area contributed by atoms with Gasteiger partial charge in [0.2, 0.25) is 10.0 Å². The molecule has 2 amide bonds. The molecule has 113 heavy (non-hydrogen) atoms. The number of sulfonamides is 1. The zero-order valence-electron chi connectivity index (χ0n) is 61.2. The van der Waals surface area contributed by atoms with Crippen LogP contribution in [0.25, 0.3) is 22.3 Å². The molecule has 0 radical (unpaired) electrons. The van der Waals surface area contributed by atoms with Gasteiger partial charge in [0.25, 0.3) is 9.05 Å². The molecule has 4 aromatic heterocycles. The third-order valence-electron chi connectivity index (χ3n) is 20.0. The van der Waals surface area contributed by atoms with Crippen molar-refractivity contribution >= 4 is 75.5 Å². The lowest BCUT2D eigenvalue weighted by molar-refractivity contribution is -0.186. The van der Waals surface area contributed by atoms with Crippen molar-refractivity contribution < 1.29 is 92.1 Å². The molecule has 0 aliphatic carbocycles. The van der Waals surface area contributed by atoms with Crippen LogP contribution in [-0.2, 0) is 86.6 Å². The summed E-state index contributed by atoms with van der Waals surface area (Å²) in [7, 11) is -0.245. The number of rotatable bonds is 22. The number of aromatic nitrogens is 8. The average Bonchev–Trinajstić information content (AvgIpc) is 1.61. The van der Waals surface area contributed by atoms with Crippen molar-refractivity contribution in [1.82, 2.24) is 53.6 Å². The number of benzene rings is 6. The minimum absolute atomic E-state index is 0.00136. The molecule has 9 N–H and O–H groups in total. The topological polar surface area (TPSA) is 376 Å². The number of nitrogens with one attached hydrogen (secondary N) is 3. The molecule has 0 unspecified atom stereocenters. The second-order valence-corrected chi connectivity index (χ2v) is 31.5. The number of nitrogens with zero attached hydrogens (tertiary/aromatic N) is 10. The summed E-state index contributed by atoms with van der Waals surface area (Å²) < 4.78 is 156. The molecule has 14 rings (SSSR count). The maximum Gasteiger partial charge on any atom is 0.471 e. The van der Waals surface area contributed by atoms with E-state index in [0.29, 0.717) is 62.4 Å². The van der Waals surface area contributed by atoms with Gasteiger partial charge in [-0.15, -0.1) is 0 Å². The predicted octanol–water partition coefficient (Wildman–Crippen LogP) is 7.73. The van der Waals surface area contributed by atoms with Crippen LogP contribution in [0.4, 0.5) is 38.0 Å². The zero-order valence-corrected chi connectivity index (χ0v) is 63.5. The minimum Gasteiger partial charge on any atom is -0.387 e. The second-order valence-electron chi connectivity index (χ2n) is 27.2. The molecule has 10 aromatic rings. The molecule has 8 atom stereocenters. The fourth-order valence-electron chi connectivity index (χ4n) is 14.3. The number of imidazole rings is 2. The van der Waals surface area contributed by atoms with E-state index in [-0.39, 0.29) is 101 Å². The number of carbonyl (C=O) groups is 2. The maximum absolute atomic E-state index is 13.9. The van der Waals surface area contributed by atoms with Crippen molar-refractivity contribution in [3.8, 4) is 0 Å². The van der Waals surface area contributed by atoms with Gasteiger partial charge in [-0.05, 0) is 94.5 Å². The van der Waals surface area contributed by atoms with Gasteiger partial charge < -0.3 is 65.5 Å². The van der Waals surface area contributed by atoms with Gasteiger partial charge in [0.15, 0.2) is 46.4 Å².